The smallest absolute Gasteiger partial charge is 0.228 e. The van der Waals surface area contributed by atoms with Gasteiger partial charge in [0.1, 0.15) is 11.9 Å². The van der Waals surface area contributed by atoms with Gasteiger partial charge in [0.25, 0.3) is 0 Å². The van der Waals surface area contributed by atoms with Crippen LogP contribution in [0.2, 0.25) is 0 Å². The predicted octanol–water partition coefficient (Wildman–Crippen LogP) is 1.59. The first-order valence-electron chi connectivity index (χ1n) is 8.02. The van der Waals surface area contributed by atoms with Crippen LogP contribution < -0.4 is 0 Å². The number of likely N-dealkylation sites (tertiary alicyclic amines) is 1. The molecule has 0 bridgehead atoms. The van der Waals surface area contributed by atoms with Gasteiger partial charge in [0.05, 0.1) is 19.1 Å². The van der Waals surface area contributed by atoms with Gasteiger partial charge >= 0.3 is 0 Å². The van der Waals surface area contributed by atoms with Gasteiger partial charge in [0, 0.05) is 26.1 Å². The van der Waals surface area contributed by atoms with E-state index in [1.165, 1.54) is 12.1 Å². The number of amides is 2. The predicted molar refractivity (Wildman–Crippen MR) is 82.0 cm³/mol. The van der Waals surface area contributed by atoms with Gasteiger partial charge < -0.3 is 14.5 Å². The number of carbonyl (C=O) groups excluding carboxylic acids is 2. The van der Waals surface area contributed by atoms with E-state index in [1.54, 1.807) is 21.9 Å². The van der Waals surface area contributed by atoms with E-state index in [9.17, 15) is 14.0 Å². The van der Waals surface area contributed by atoms with Crippen molar-refractivity contribution < 1.29 is 18.7 Å². The quantitative estimate of drug-likeness (QED) is 0.850. The maximum absolute atomic E-state index is 13.0. The molecule has 2 saturated heterocycles. The van der Waals surface area contributed by atoms with Gasteiger partial charge in [0.2, 0.25) is 11.8 Å². The molecule has 0 unspecified atom stereocenters. The van der Waals surface area contributed by atoms with Crippen LogP contribution in [0.5, 0.6) is 0 Å². The van der Waals surface area contributed by atoms with E-state index >= 15 is 0 Å². The molecule has 5 nitrogen and oxygen atoms in total. The SMILES string of the molecule is CCN1C[C@H](C(=O)N2CCO[C@H](c3ccc(F)cc3)C2)CC1=O. The number of morpholine rings is 1. The molecular weight excluding hydrogens is 299 g/mol. The Kier molecular flexibility index (Phi) is 4.61. The van der Waals surface area contributed by atoms with E-state index in [-0.39, 0.29) is 29.7 Å². The zero-order valence-electron chi connectivity index (χ0n) is 13.2. The molecule has 23 heavy (non-hydrogen) atoms. The van der Waals surface area contributed by atoms with Crippen molar-refractivity contribution in [3.63, 3.8) is 0 Å². The maximum Gasteiger partial charge on any atom is 0.228 e. The van der Waals surface area contributed by atoms with Crippen LogP contribution >= 0.6 is 0 Å². The van der Waals surface area contributed by atoms with Crippen LogP contribution in [-0.2, 0) is 14.3 Å². The lowest BCUT2D eigenvalue weighted by molar-refractivity contribution is -0.143. The summed E-state index contributed by atoms with van der Waals surface area (Å²) >= 11 is 0. The first-order chi connectivity index (χ1) is 11.1. The highest BCUT2D eigenvalue weighted by atomic mass is 19.1. The Labute approximate surface area is 135 Å². The minimum Gasteiger partial charge on any atom is -0.370 e. The Balaban J connectivity index is 1.65. The van der Waals surface area contributed by atoms with Gasteiger partial charge in [-0.05, 0) is 24.6 Å². The fourth-order valence-electron chi connectivity index (χ4n) is 3.23. The first kappa shape index (κ1) is 15.9. The molecule has 1 aromatic carbocycles. The summed E-state index contributed by atoms with van der Waals surface area (Å²) < 4.78 is 18.7. The minimum atomic E-state index is -0.290. The van der Waals surface area contributed by atoms with E-state index < -0.39 is 0 Å². The molecule has 124 valence electrons. The molecule has 2 amide bonds. The summed E-state index contributed by atoms with van der Waals surface area (Å²) in [5.74, 6) is -0.477. The number of ether oxygens (including phenoxy) is 1. The van der Waals surface area contributed by atoms with Crippen molar-refractivity contribution in [1.29, 1.82) is 0 Å². The third-order valence-electron chi connectivity index (χ3n) is 4.57. The Morgan fingerprint density at radius 1 is 1.30 bits per heavy atom. The number of hydrogen-bond acceptors (Lipinski definition) is 3. The van der Waals surface area contributed by atoms with Gasteiger partial charge in [-0.1, -0.05) is 12.1 Å². The van der Waals surface area contributed by atoms with Crippen LogP contribution in [0.25, 0.3) is 0 Å². The Morgan fingerprint density at radius 2 is 2.04 bits per heavy atom. The van der Waals surface area contributed by atoms with Gasteiger partial charge in [-0.25, -0.2) is 4.39 Å². The normalized spacial score (nSPS) is 25.0. The molecule has 2 aliphatic rings. The molecule has 2 aliphatic heterocycles. The van der Waals surface area contributed by atoms with Crippen LogP contribution in [0.4, 0.5) is 4.39 Å². The summed E-state index contributed by atoms with van der Waals surface area (Å²) in [6.45, 7) is 4.50. The van der Waals surface area contributed by atoms with Crippen LogP contribution in [-0.4, -0.2) is 54.4 Å². The number of halogens is 1. The average Bonchev–Trinajstić information content (AvgIpc) is 2.96. The molecule has 0 radical (unpaired) electrons. The maximum atomic E-state index is 13.0. The Bertz CT molecular complexity index is 590. The summed E-state index contributed by atoms with van der Waals surface area (Å²) in [5.41, 5.74) is 0.863. The molecule has 2 fully saturated rings. The van der Waals surface area contributed by atoms with Gasteiger partial charge in [-0.15, -0.1) is 0 Å². The van der Waals surface area contributed by atoms with Gasteiger partial charge in [-0.3, -0.25) is 9.59 Å². The summed E-state index contributed by atoms with van der Waals surface area (Å²) in [4.78, 5) is 28.0. The second-order valence-corrected chi connectivity index (χ2v) is 6.03. The summed E-state index contributed by atoms with van der Waals surface area (Å²) in [6, 6.07) is 6.17. The second-order valence-electron chi connectivity index (χ2n) is 6.03. The lowest BCUT2D eigenvalue weighted by Gasteiger charge is -2.34. The molecule has 0 aromatic heterocycles. The zero-order chi connectivity index (χ0) is 16.4. The molecule has 6 heteroatoms. The number of nitrogens with zero attached hydrogens (tertiary/aromatic N) is 2. The lowest BCUT2D eigenvalue weighted by atomic mass is 10.0. The first-order valence-corrected chi connectivity index (χ1v) is 8.02. The molecule has 0 N–H and O–H groups in total. The van der Waals surface area contributed by atoms with Crippen molar-refractivity contribution in [2.45, 2.75) is 19.4 Å². The average molecular weight is 320 g/mol. The molecule has 0 aliphatic carbocycles. The molecule has 3 rings (SSSR count). The summed E-state index contributed by atoms with van der Waals surface area (Å²) in [5, 5.41) is 0. The van der Waals surface area contributed by atoms with Crippen LogP contribution in [0.1, 0.15) is 25.0 Å². The highest BCUT2D eigenvalue weighted by Gasteiger charge is 2.37. The number of benzene rings is 1. The van der Waals surface area contributed by atoms with Gasteiger partial charge in [0.15, 0.2) is 0 Å². The zero-order valence-corrected chi connectivity index (χ0v) is 13.2. The Morgan fingerprint density at radius 3 is 2.70 bits per heavy atom. The largest absolute Gasteiger partial charge is 0.370 e. The highest BCUT2D eigenvalue weighted by Crippen LogP contribution is 2.26. The van der Waals surface area contributed by atoms with E-state index in [0.717, 1.165) is 5.56 Å². The van der Waals surface area contributed by atoms with Gasteiger partial charge in [-0.2, -0.15) is 0 Å². The minimum absolute atomic E-state index is 0.0183. The van der Waals surface area contributed by atoms with E-state index in [0.29, 0.717) is 39.2 Å². The molecule has 0 saturated carbocycles. The highest BCUT2D eigenvalue weighted by molar-refractivity contribution is 5.89. The lowest BCUT2D eigenvalue weighted by Crippen LogP contribution is -2.45. The van der Waals surface area contributed by atoms with Crippen molar-refractivity contribution in [2.75, 3.05) is 32.8 Å². The van der Waals surface area contributed by atoms with Crippen LogP contribution in [0.15, 0.2) is 24.3 Å². The number of rotatable bonds is 3. The van der Waals surface area contributed by atoms with Crippen molar-refractivity contribution in [3.8, 4) is 0 Å². The van der Waals surface area contributed by atoms with Crippen molar-refractivity contribution in [1.82, 2.24) is 9.80 Å². The van der Waals surface area contributed by atoms with Crippen LogP contribution in [0, 0.1) is 11.7 Å². The molecule has 1 aromatic rings. The second kappa shape index (κ2) is 6.66. The molecule has 2 heterocycles. The summed E-state index contributed by atoms with van der Waals surface area (Å²) in [6.07, 6.45) is 0.0540. The monoisotopic (exact) mass is 320 g/mol. The molecular formula is C17H21FN2O3. The fourth-order valence-corrected chi connectivity index (χ4v) is 3.23. The third-order valence-corrected chi connectivity index (χ3v) is 4.57. The fraction of sp³-hybridized carbons (Fsp3) is 0.529. The Hall–Kier alpha value is -1.95. The van der Waals surface area contributed by atoms with E-state index in [1.807, 2.05) is 6.92 Å². The molecule has 0 spiro atoms. The van der Waals surface area contributed by atoms with E-state index in [2.05, 4.69) is 0 Å². The number of hydrogen-bond donors (Lipinski definition) is 0. The topological polar surface area (TPSA) is 49.9 Å². The van der Waals surface area contributed by atoms with E-state index in [4.69, 9.17) is 4.74 Å². The van der Waals surface area contributed by atoms with Crippen molar-refractivity contribution in [3.05, 3.63) is 35.6 Å². The standard InChI is InChI=1S/C17H21FN2O3/c1-2-19-10-13(9-16(19)21)17(22)20-7-8-23-15(11-20)12-3-5-14(18)6-4-12/h3-6,13,15H,2,7-11H2,1H3/t13-,15+/m1/s1. The third kappa shape index (κ3) is 3.37. The van der Waals surface area contributed by atoms with Crippen molar-refractivity contribution in [2.24, 2.45) is 5.92 Å². The molecule has 2 atom stereocenters. The number of carbonyl (C=O) groups is 2. The van der Waals surface area contributed by atoms with Crippen LogP contribution in [0.3, 0.4) is 0 Å². The van der Waals surface area contributed by atoms with Crippen molar-refractivity contribution >= 4 is 11.8 Å². The summed E-state index contributed by atoms with van der Waals surface area (Å²) in [7, 11) is 0.